The fourth-order valence-electron chi connectivity index (χ4n) is 3.01. The van der Waals surface area contributed by atoms with E-state index in [-0.39, 0.29) is 6.54 Å². The van der Waals surface area contributed by atoms with Crippen molar-refractivity contribution >= 4 is 5.57 Å². The van der Waals surface area contributed by atoms with E-state index in [1.54, 1.807) is 0 Å². The number of rotatable bonds is 4. The molecule has 1 aliphatic carbocycles. The number of hydrogen-bond donors (Lipinski definition) is 0. The van der Waals surface area contributed by atoms with Crippen LogP contribution in [0, 0.1) is 4.91 Å². The molecule has 2 aromatic rings. The van der Waals surface area contributed by atoms with Gasteiger partial charge in [0, 0.05) is 17.6 Å². The molecule has 3 rings (SSSR count). The second kappa shape index (κ2) is 6.56. The van der Waals surface area contributed by atoms with Gasteiger partial charge in [-0.25, -0.2) is 0 Å². The summed E-state index contributed by atoms with van der Waals surface area (Å²) >= 11 is 0. The van der Waals surface area contributed by atoms with Crippen LogP contribution in [0.25, 0.3) is 5.57 Å². The molecule has 0 spiro atoms. The van der Waals surface area contributed by atoms with Crippen LogP contribution in [0.5, 0.6) is 0 Å². The molecule has 0 unspecified atom stereocenters. The lowest BCUT2D eigenvalue weighted by atomic mass is 9.93. The van der Waals surface area contributed by atoms with E-state index in [0.717, 1.165) is 18.4 Å². The Labute approximate surface area is 135 Å². The Morgan fingerprint density at radius 2 is 1.68 bits per heavy atom. The first-order chi connectivity index (χ1) is 12.0. The lowest BCUT2D eigenvalue weighted by Crippen LogP contribution is -2.10. The molecule has 0 amide bonds. The predicted octanol–water partition coefficient (Wildman–Crippen LogP) is 4.22. The molecule has 0 N–H and O–H groups in total. The molecule has 0 atom stereocenters. The number of nitroso groups, excluding NO2 is 1. The smallest absolute Gasteiger partial charge is 0.0521 e. The van der Waals surface area contributed by atoms with E-state index in [9.17, 15) is 4.91 Å². The van der Waals surface area contributed by atoms with Gasteiger partial charge in [0.25, 0.3) is 0 Å². The zero-order chi connectivity index (χ0) is 17.9. The van der Waals surface area contributed by atoms with Crippen molar-refractivity contribution in [2.75, 3.05) is 13.5 Å². The van der Waals surface area contributed by atoms with Crippen molar-refractivity contribution in [2.24, 2.45) is 5.29 Å². The summed E-state index contributed by atoms with van der Waals surface area (Å²) in [5, 5.41) is 3.26. The van der Waals surface area contributed by atoms with Gasteiger partial charge in [0.2, 0.25) is 0 Å². The molecule has 0 fully saturated rings. The molecule has 1 aliphatic rings. The van der Waals surface area contributed by atoms with Gasteiger partial charge < -0.3 is 0 Å². The Hall–Kier alpha value is -2.42. The fraction of sp³-hybridized carbons (Fsp3) is 0.263. The molecular formula is C19H20N2O. The number of aryl methyl sites for hydroxylation is 2. The molecule has 0 radical (unpaired) electrons. The first-order valence-electron chi connectivity index (χ1n) is 8.98. The first kappa shape index (κ1) is 11.2. The van der Waals surface area contributed by atoms with Crippen LogP contribution in [0.3, 0.4) is 0 Å². The van der Waals surface area contributed by atoms with Crippen LogP contribution in [0.4, 0.5) is 0 Å². The van der Waals surface area contributed by atoms with Gasteiger partial charge in [-0.3, -0.25) is 5.01 Å². The topological polar surface area (TPSA) is 32.7 Å². The van der Waals surface area contributed by atoms with Crippen molar-refractivity contribution in [1.82, 2.24) is 5.01 Å². The third kappa shape index (κ3) is 2.93. The maximum Gasteiger partial charge on any atom is 0.0521 e. The average Bonchev–Trinajstić information content (AvgIpc) is 2.75. The molecule has 0 aliphatic heterocycles. The summed E-state index contributed by atoms with van der Waals surface area (Å²) < 4.78 is 22.0. The Morgan fingerprint density at radius 3 is 2.23 bits per heavy atom. The van der Waals surface area contributed by atoms with Gasteiger partial charge in [0.05, 0.1) is 5.29 Å². The summed E-state index contributed by atoms with van der Waals surface area (Å²) in [5.74, 6) is 0. The average molecular weight is 295 g/mol. The van der Waals surface area contributed by atoms with Crippen LogP contribution in [0.15, 0.2) is 59.9 Å². The highest BCUT2D eigenvalue weighted by atomic mass is 16.3. The highest BCUT2D eigenvalue weighted by Crippen LogP contribution is 2.33. The largest absolute Gasteiger partial charge is 0.264 e. The van der Waals surface area contributed by atoms with Gasteiger partial charge in [-0.05, 0) is 47.1 Å². The third-order valence-corrected chi connectivity index (χ3v) is 4.07. The number of fused-ring (bicyclic) bond motifs is 2. The van der Waals surface area contributed by atoms with Crippen molar-refractivity contribution in [1.29, 1.82) is 0 Å². The lowest BCUT2D eigenvalue weighted by molar-refractivity contribution is 0.357. The van der Waals surface area contributed by atoms with Crippen molar-refractivity contribution in [3.05, 3.63) is 81.8 Å². The Balaban J connectivity index is 1.95. The van der Waals surface area contributed by atoms with E-state index in [4.69, 9.17) is 4.11 Å². The molecule has 0 saturated heterocycles. The standard InChI is InChI=1S/C19H20N2O/c1-21(20-22)14-6-11-19-17-9-4-2-7-15(17)12-13-16-8-3-5-10-18(16)19/h2-5,7-11H,6,12-14H2,1H3/i1D3. The van der Waals surface area contributed by atoms with E-state index >= 15 is 0 Å². The summed E-state index contributed by atoms with van der Waals surface area (Å²) in [6, 6.07) is 16.6. The SMILES string of the molecule is [2H]C([2H])([2H])N(CCC=C1c2ccccc2CCc2ccccc21)N=O. The predicted molar refractivity (Wildman–Crippen MR) is 90.4 cm³/mol. The summed E-state index contributed by atoms with van der Waals surface area (Å²) in [6.45, 7) is -2.44. The second-order valence-corrected chi connectivity index (χ2v) is 5.43. The summed E-state index contributed by atoms with van der Waals surface area (Å²) in [6.07, 6.45) is 4.40. The van der Waals surface area contributed by atoms with Crippen LogP contribution in [-0.2, 0) is 12.8 Å². The second-order valence-electron chi connectivity index (χ2n) is 5.43. The minimum absolute atomic E-state index is 0.0633. The lowest BCUT2D eigenvalue weighted by Gasteiger charge is -2.13. The maximum atomic E-state index is 10.8. The monoisotopic (exact) mass is 295 g/mol. The van der Waals surface area contributed by atoms with Gasteiger partial charge in [-0.15, -0.1) is 4.91 Å². The highest BCUT2D eigenvalue weighted by molar-refractivity contribution is 5.83. The molecule has 22 heavy (non-hydrogen) atoms. The van der Waals surface area contributed by atoms with Gasteiger partial charge in [-0.1, -0.05) is 54.6 Å². The van der Waals surface area contributed by atoms with Crippen LogP contribution in [-0.4, -0.2) is 18.5 Å². The van der Waals surface area contributed by atoms with Gasteiger partial charge in [0.15, 0.2) is 0 Å². The number of hydrogen-bond acceptors (Lipinski definition) is 2. The Morgan fingerprint density at radius 1 is 1.09 bits per heavy atom. The Bertz CT molecular complexity index is 750. The number of benzene rings is 2. The first-order valence-corrected chi connectivity index (χ1v) is 7.48. The van der Waals surface area contributed by atoms with Crippen LogP contribution >= 0.6 is 0 Å². The zero-order valence-corrected chi connectivity index (χ0v) is 12.3. The van der Waals surface area contributed by atoms with Crippen LogP contribution in [0.1, 0.15) is 32.8 Å². The normalized spacial score (nSPS) is 15.5. The summed E-state index contributed by atoms with van der Waals surface area (Å²) in [5.41, 5.74) is 6.01. The molecule has 112 valence electrons. The van der Waals surface area contributed by atoms with Gasteiger partial charge in [0.1, 0.15) is 0 Å². The molecule has 3 nitrogen and oxygen atoms in total. The van der Waals surface area contributed by atoms with E-state index in [1.165, 1.54) is 22.3 Å². The van der Waals surface area contributed by atoms with Crippen molar-refractivity contribution < 1.29 is 4.11 Å². The minimum atomic E-state index is -2.50. The quantitative estimate of drug-likeness (QED) is 0.625. The molecule has 0 bridgehead atoms. The summed E-state index contributed by atoms with van der Waals surface area (Å²) in [7, 11) is 0. The molecule has 0 saturated carbocycles. The van der Waals surface area contributed by atoms with E-state index in [2.05, 4.69) is 29.6 Å². The van der Waals surface area contributed by atoms with Crippen molar-refractivity contribution in [3.63, 3.8) is 0 Å². The minimum Gasteiger partial charge on any atom is -0.264 e. The highest BCUT2D eigenvalue weighted by Gasteiger charge is 2.16. The number of nitrogens with zero attached hydrogens (tertiary/aromatic N) is 2. The summed E-state index contributed by atoms with van der Waals surface area (Å²) in [4.78, 5) is 10.8. The van der Waals surface area contributed by atoms with Gasteiger partial charge in [-0.2, -0.15) is 0 Å². The Kier molecular flexibility index (Phi) is 3.34. The molecule has 2 aromatic carbocycles. The molecule has 0 aromatic heterocycles. The zero-order valence-electron chi connectivity index (χ0n) is 15.3. The molecule has 3 heteroatoms. The van der Waals surface area contributed by atoms with E-state index < -0.39 is 6.98 Å². The van der Waals surface area contributed by atoms with Gasteiger partial charge >= 0.3 is 0 Å². The van der Waals surface area contributed by atoms with Crippen LogP contribution < -0.4 is 0 Å². The van der Waals surface area contributed by atoms with E-state index in [0.29, 0.717) is 11.4 Å². The van der Waals surface area contributed by atoms with Crippen molar-refractivity contribution in [2.45, 2.75) is 19.3 Å². The third-order valence-electron chi connectivity index (χ3n) is 4.07. The van der Waals surface area contributed by atoms with Crippen LogP contribution in [0.2, 0.25) is 0 Å². The fourth-order valence-corrected chi connectivity index (χ4v) is 3.01. The van der Waals surface area contributed by atoms with Crippen molar-refractivity contribution in [3.8, 4) is 0 Å². The molecular weight excluding hydrogens is 272 g/mol. The molecule has 0 heterocycles. The maximum absolute atomic E-state index is 10.8. The van der Waals surface area contributed by atoms with E-state index in [1.807, 2.05) is 30.3 Å².